The maximum absolute atomic E-state index is 13.1. The molecule has 1 aromatic heterocycles. The van der Waals surface area contributed by atoms with Crippen LogP contribution in [-0.2, 0) is 17.8 Å². The molecular weight excluding hydrogens is 374 g/mol. The fourth-order valence-electron chi connectivity index (χ4n) is 4.01. The van der Waals surface area contributed by atoms with Crippen LogP contribution in [0.3, 0.4) is 0 Å². The number of methoxy groups -OCH3 is 1. The molecule has 5 heteroatoms. The lowest BCUT2D eigenvalue weighted by molar-refractivity contribution is -0.140. The number of piperazine rings is 1. The highest BCUT2D eigenvalue weighted by Gasteiger charge is 2.33. The van der Waals surface area contributed by atoms with E-state index in [4.69, 9.17) is 4.74 Å². The molecule has 0 bridgehead atoms. The number of nitrogens with zero attached hydrogens (tertiary/aromatic N) is 3. The average molecular weight is 402 g/mol. The Morgan fingerprint density at radius 1 is 0.967 bits per heavy atom. The van der Waals surface area contributed by atoms with Gasteiger partial charge in [-0.1, -0.05) is 36.4 Å². The van der Waals surface area contributed by atoms with E-state index < -0.39 is 0 Å². The zero-order valence-corrected chi connectivity index (χ0v) is 17.5. The third-order valence-corrected chi connectivity index (χ3v) is 5.71. The van der Waals surface area contributed by atoms with Crippen LogP contribution >= 0.6 is 0 Å². The zero-order chi connectivity index (χ0) is 20.9. The van der Waals surface area contributed by atoms with Crippen molar-refractivity contribution >= 4 is 5.91 Å². The summed E-state index contributed by atoms with van der Waals surface area (Å²) in [5.74, 6) is 1.02. The Hall–Kier alpha value is -3.18. The van der Waals surface area contributed by atoms with Gasteiger partial charge in [0.1, 0.15) is 5.75 Å². The summed E-state index contributed by atoms with van der Waals surface area (Å²) >= 11 is 0. The fraction of sp³-hybridized carbons (Fsp3) is 0.280. The number of hydrogen-bond acceptors (Lipinski definition) is 4. The average Bonchev–Trinajstić information content (AvgIpc) is 2.79. The van der Waals surface area contributed by atoms with Gasteiger partial charge in [0.05, 0.1) is 13.2 Å². The summed E-state index contributed by atoms with van der Waals surface area (Å²) in [5, 5.41) is 0. The standard InChI is InChI=1S/C25H27N3O2/c1-27-13-14-28(18-20-6-4-8-23(16-20)30-2)24(25(27)29)17-19-5-3-7-22(15-19)21-9-11-26-12-10-21/h3-12,15-16,24H,13-14,17-18H2,1-2H3/t24-/m0/s1. The lowest BCUT2D eigenvalue weighted by Gasteiger charge is -2.39. The molecule has 1 atom stereocenters. The number of likely N-dealkylation sites (N-methyl/N-ethyl adjacent to an activating group) is 1. The molecule has 0 aliphatic carbocycles. The topological polar surface area (TPSA) is 45.7 Å². The molecule has 154 valence electrons. The first-order chi connectivity index (χ1) is 14.6. The quantitative estimate of drug-likeness (QED) is 0.633. The number of aromatic nitrogens is 1. The number of carbonyl (C=O) groups excluding carboxylic acids is 1. The summed E-state index contributed by atoms with van der Waals surface area (Å²) < 4.78 is 5.36. The van der Waals surface area contributed by atoms with Gasteiger partial charge in [-0.2, -0.15) is 0 Å². The van der Waals surface area contributed by atoms with E-state index in [1.165, 1.54) is 0 Å². The Balaban J connectivity index is 1.57. The summed E-state index contributed by atoms with van der Waals surface area (Å²) in [4.78, 5) is 21.3. The van der Waals surface area contributed by atoms with Gasteiger partial charge >= 0.3 is 0 Å². The van der Waals surface area contributed by atoms with Crippen molar-refractivity contribution in [2.24, 2.45) is 0 Å². The van der Waals surface area contributed by atoms with Gasteiger partial charge in [-0.15, -0.1) is 0 Å². The first-order valence-electron chi connectivity index (χ1n) is 10.3. The molecule has 1 fully saturated rings. The van der Waals surface area contributed by atoms with Crippen molar-refractivity contribution in [3.63, 3.8) is 0 Å². The number of benzene rings is 2. The van der Waals surface area contributed by atoms with Crippen molar-refractivity contribution in [1.82, 2.24) is 14.8 Å². The van der Waals surface area contributed by atoms with E-state index in [1.807, 2.05) is 42.3 Å². The minimum Gasteiger partial charge on any atom is -0.497 e. The zero-order valence-electron chi connectivity index (χ0n) is 17.5. The van der Waals surface area contributed by atoms with E-state index >= 15 is 0 Å². The minimum atomic E-state index is -0.178. The molecule has 2 heterocycles. The van der Waals surface area contributed by atoms with Crippen molar-refractivity contribution < 1.29 is 9.53 Å². The van der Waals surface area contributed by atoms with Gasteiger partial charge in [-0.25, -0.2) is 0 Å². The Morgan fingerprint density at radius 3 is 2.53 bits per heavy atom. The van der Waals surface area contributed by atoms with Crippen LogP contribution in [0, 0.1) is 0 Å². The smallest absolute Gasteiger partial charge is 0.240 e. The van der Waals surface area contributed by atoms with Crippen molar-refractivity contribution in [3.8, 4) is 16.9 Å². The van der Waals surface area contributed by atoms with E-state index in [-0.39, 0.29) is 11.9 Å². The summed E-state index contributed by atoms with van der Waals surface area (Å²) in [6, 6.07) is 20.4. The maximum Gasteiger partial charge on any atom is 0.240 e. The van der Waals surface area contributed by atoms with Crippen LogP contribution in [-0.4, -0.2) is 54.0 Å². The van der Waals surface area contributed by atoms with Crippen LogP contribution in [0.15, 0.2) is 73.1 Å². The van der Waals surface area contributed by atoms with Crippen molar-refractivity contribution in [2.75, 3.05) is 27.2 Å². The van der Waals surface area contributed by atoms with Gasteiger partial charge in [-0.05, 0) is 52.9 Å². The van der Waals surface area contributed by atoms with E-state index in [0.29, 0.717) is 6.42 Å². The van der Waals surface area contributed by atoms with Crippen LogP contribution in [0.4, 0.5) is 0 Å². The van der Waals surface area contributed by atoms with E-state index in [0.717, 1.165) is 47.6 Å². The monoisotopic (exact) mass is 401 g/mol. The lowest BCUT2D eigenvalue weighted by atomic mass is 9.97. The molecule has 0 saturated carbocycles. The minimum absolute atomic E-state index is 0.178. The maximum atomic E-state index is 13.1. The predicted octanol–water partition coefficient (Wildman–Crippen LogP) is 3.64. The first kappa shape index (κ1) is 20.1. The molecule has 2 aromatic carbocycles. The van der Waals surface area contributed by atoms with Gasteiger partial charge in [0, 0.05) is 39.1 Å². The third kappa shape index (κ3) is 4.52. The molecule has 4 rings (SSSR count). The second-order valence-electron chi connectivity index (χ2n) is 7.74. The van der Waals surface area contributed by atoms with Gasteiger partial charge in [0.2, 0.25) is 5.91 Å². The number of ether oxygens (including phenoxy) is 1. The summed E-state index contributed by atoms with van der Waals surface area (Å²) in [5.41, 5.74) is 4.59. The lowest BCUT2D eigenvalue weighted by Crippen LogP contribution is -2.56. The third-order valence-electron chi connectivity index (χ3n) is 5.71. The Morgan fingerprint density at radius 2 is 1.73 bits per heavy atom. The Labute approximate surface area is 177 Å². The molecule has 30 heavy (non-hydrogen) atoms. The highest BCUT2D eigenvalue weighted by Crippen LogP contribution is 2.24. The van der Waals surface area contributed by atoms with Crippen molar-refractivity contribution in [3.05, 3.63) is 84.2 Å². The number of hydrogen-bond donors (Lipinski definition) is 0. The van der Waals surface area contributed by atoms with E-state index in [9.17, 15) is 4.79 Å². The van der Waals surface area contributed by atoms with Crippen LogP contribution in [0.1, 0.15) is 11.1 Å². The van der Waals surface area contributed by atoms with Crippen molar-refractivity contribution in [1.29, 1.82) is 0 Å². The number of rotatable bonds is 6. The molecule has 5 nitrogen and oxygen atoms in total. The van der Waals surface area contributed by atoms with E-state index in [2.05, 4.69) is 40.2 Å². The summed E-state index contributed by atoms with van der Waals surface area (Å²) in [6.07, 6.45) is 4.29. The van der Waals surface area contributed by atoms with Crippen LogP contribution in [0.5, 0.6) is 5.75 Å². The normalized spacial score (nSPS) is 17.2. The van der Waals surface area contributed by atoms with Gasteiger partial charge in [-0.3, -0.25) is 14.7 Å². The SMILES string of the molecule is COc1cccc(CN2CCN(C)C(=O)[C@@H]2Cc2cccc(-c3ccncc3)c2)c1. The molecule has 1 saturated heterocycles. The second kappa shape index (κ2) is 9.09. The van der Waals surface area contributed by atoms with Gasteiger partial charge in [0.25, 0.3) is 0 Å². The molecule has 0 N–H and O–H groups in total. The molecule has 1 aliphatic rings. The van der Waals surface area contributed by atoms with Crippen molar-refractivity contribution in [2.45, 2.75) is 19.0 Å². The Kier molecular flexibility index (Phi) is 6.10. The molecular formula is C25H27N3O2. The summed E-state index contributed by atoms with van der Waals surface area (Å²) in [7, 11) is 3.57. The number of pyridine rings is 1. The molecule has 3 aromatic rings. The highest BCUT2D eigenvalue weighted by atomic mass is 16.5. The van der Waals surface area contributed by atoms with Gasteiger partial charge < -0.3 is 9.64 Å². The van der Waals surface area contributed by atoms with Crippen LogP contribution < -0.4 is 4.74 Å². The predicted molar refractivity (Wildman–Crippen MR) is 118 cm³/mol. The second-order valence-corrected chi connectivity index (χ2v) is 7.74. The fourth-order valence-corrected chi connectivity index (χ4v) is 4.01. The van der Waals surface area contributed by atoms with Crippen LogP contribution in [0.2, 0.25) is 0 Å². The molecule has 1 amide bonds. The molecule has 1 aliphatic heterocycles. The Bertz CT molecular complexity index is 1010. The summed E-state index contributed by atoms with van der Waals surface area (Å²) in [6.45, 7) is 2.33. The molecule has 0 unspecified atom stereocenters. The highest BCUT2D eigenvalue weighted by molar-refractivity contribution is 5.83. The van der Waals surface area contributed by atoms with Crippen LogP contribution in [0.25, 0.3) is 11.1 Å². The largest absolute Gasteiger partial charge is 0.497 e. The van der Waals surface area contributed by atoms with E-state index in [1.54, 1.807) is 19.5 Å². The first-order valence-corrected chi connectivity index (χ1v) is 10.3. The van der Waals surface area contributed by atoms with Gasteiger partial charge in [0.15, 0.2) is 0 Å². The number of amides is 1. The molecule has 0 spiro atoms. The molecule has 0 radical (unpaired) electrons. The number of carbonyl (C=O) groups is 1.